The van der Waals surface area contributed by atoms with Crippen molar-refractivity contribution in [3.63, 3.8) is 0 Å². The molecule has 4 heteroatoms. The number of fused-ring (bicyclic) bond motifs is 1. The van der Waals surface area contributed by atoms with Gasteiger partial charge in [-0.15, -0.1) is 0 Å². The van der Waals surface area contributed by atoms with Gasteiger partial charge in [-0.3, -0.25) is 4.98 Å². The first-order valence-electron chi connectivity index (χ1n) is 4.90. The Morgan fingerprint density at radius 3 is 2.93 bits per heavy atom. The third-order valence-electron chi connectivity index (χ3n) is 2.29. The van der Waals surface area contributed by atoms with Crippen molar-refractivity contribution in [2.24, 2.45) is 5.73 Å². The normalized spacial score (nSPS) is 10.5. The van der Waals surface area contributed by atoms with Crippen LogP contribution in [-0.2, 0) is 0 Å². The standard InChI is InChI=1S/C11H14N4/c12-5-7-15-10-4-3-9-8(11(10)13)2-1-6-14-9/h1-4,6,15H,5,7,12-13H2. The van der Waals surface area contributed by atoms with Crippen molar-refractivity contribution in [2.45, 2.75) is 0 Å². The summed E-state index contributed by atoms with van der Waals surface area (Å²) in [6.45, 7) is 1.31. The van der Waals surface area contributed by atoms with Gasteiger partial charge >= 0.3 is 0 Å². The van der Waals surface area contributed by atoms with Crippen LogP contribution in [0.4, 0.5) is 11.4 Å². The second-order valence-electron chi connectivity index (χ2n) is 3.31. The zero-order valence-corrected chi connectivity index (χ0v) is 8.40. The summed E-state index contributed by atoms with van der Waals surface area (Å²) in [4.78, 5) is 4.23. The summed E-state index contributed by atoms with van der Waals surface area (Å²) in [6, 6.07) is 7.72. The van der Waals surface area contributed by atoms with Gasteiger partial charge in [-0.2, -0.15) is 0 Å². The number of nitrogens with zero attached hydrogens (tertiary/aromatic N) is 1. The van der Waals surface area contributed by atoms with Crippen LogP contribution in [0.5, 0.6) is 0 Å². The fourth-order valence-electron chi connectivity index (χ4n) is 1.54. The molecule has 0 unspecified atom stereocenters. The Morgan fingerprint density at radius 2 is 2.13 bits per heavy atom. The van der Waals surface area contributed by atoms with E-state index in [4.69, 9.17) is 11.5 Å². The molecule has 0 radical (unpaired) electrons. The number of nitrogen functional groups attached to an aromatic ring is 1. The van der Waals surface area contributed by atoms with Gasteiger partial charge in [0.1, 0.15) is 0 Å². The molecule has 0 atom stereocenters. The van der Waals surface area contributed by atoms with Crippen LogP contribution in [0.3, 0.4) is 0 Å². The van der Waals surface area contributed by atoms with Crippen LogP contribution in [0.1, 0.15) is 0 Å². The molecule has 0 amide bonds. The maximum atomic E-state index is 6.02. The molecule has 2 aromatic rings. The monoisotopic (exact) mass is 202 g/mol. The van der Waals surface area contributed by atoms with Crippen LogP contribution in [0.15, 0.2) is 30.5 Å². The van der Waals surface area contributed by atoms with Crippen molar-refractivity contribution in [1.29, 1.82) is 0 Å². The van der Waals surface area contributed by atoms with Crippen LogP contribution in [0.25, 0.3) is 10.9 Å². The van der Waals surface area contributed by atoms with E-state index < -0.39 is 0 Å². The summed E-state index contributed by atoms with van der Waals surface area (Å²) in [7, 11) is 0. The Kier molecular flexibility index (Phi) is 2.69. The quantitative estimate of drug-likeness (QED) is 0.653. The van der Waals surface area contributed by atoms with E-state index >= 15 is 0 Å². The molecule has 0 saturated heterocycles. The van der Waals surface area contributed by atoms with Crippen molar-refractivity contribution in [3.8, 4) is 0 Å². The molecule has 78 valence electrons. The van der Waals surface area contributed by atoms with Crippen molar-refractivity contribution in [3.05, 3.63) is 30.5 Å². The lowest BCUT2D eigenvalue weighted by Gasteiger charge is -2.10. The highest BCUT2D eigenvalue weighted by atomic mass is 14.9. The summed E-state index contributed by atoms with van der Waals surface area (Å²) in [6.07, 6.45) is 1.76. The molecule has 0 aliphatic rings. The van der Waals surface area contributed by atoms with Gasteiger partial charge in [0.05, 0.1) is 16.9 Å². The van der Waals surface area contributed by atoms with E-state index in [1.165, 1.54) is 0 Å². The lowest BCUT2D eigenvalue weighted by Crippen LogP contribution is -2.14. The Morgan fingerprint density at radius 1 is 1.27 bits per heavy atom. The van der Waals surface area contributed by atoms with Gasteiger partial charge in [-0.05, 0) is 24.3 Å². The smallest absolute Gasteiger partial charge is 0.0724 e. The molecule has 0 spiro atoms. The van der Waals surface area contributed by atoms with E-state index in [0.717, 1.165) is 28.8 Å². The van der Waals surface area contributed by atoms with E-state index in [9.17, 15) is 0 Å². The van der Waals surface area contributed by atoms with Crippen molar-refractivity contribution in [2.75, 3.05) is 24.1 Å². The molecule has 0 aliphatic heterocycles. The highest BCUT2D eigenvalue weighted by Crippen LogP contribution is 2.26. The van der Waals surface area contributed by atoms with Gasteiger partial charge in [0, 0.05) is 24.7 Å². The molecule has 5 N–H and O–H groups in total. The number of hydrogen-bond acceptors (Lipinski definition) is 4. The average molecular weight is 202 g/mol. The number of anilines is 2. The third-order valence-corrected chi connectivity index (χ3v) is 2.29. The fraction of sp³-hybridized carbons (Fsp3) is 0.182. The van der Waals surface area contributed by atoms with E-state index in [0.29, 0.717) is 6.54 Å². The topological polar surface area (TPSA) is 77.0 Å². The number of hydrogen-bond donors (Lipinski definition) is 3. The van der Waals surface area contributed by atoms with Crippen molar-refractivity contribution in [1.82, 2.24) is 4.98 Å². The summed E-state index contributed by atoms with van der Waals surface area (Å²) in [5, 5.41) is 4.15. The molecule has 15 heavy (non-hydrogen) atoms. The lowest BCUT2D eigenvalue weighted by atomic mass is 10.1. The van der Waals surface area contributed by atoms with E-state index in [-0.39, 0.29) is 0 Å². The Labute approximate surface area is 88.3 Å². The van der Waals surface area contributed by atoms with Crippen molar-refractivity contribution >= 4 is 22.3 Å². The van der Waals surface area contributed by atoms with Gasteiger partial charge < -0.3 is 16.8 Å². The molecule has 1 aromatic heterocycles. The van der Waals surface area contributed by atoms with Crippen molar-refractivity contribution < 1.29 is 0 Å². The fourth-order valence-corrected chi connectivity index (χ4v) is 1.54. The predicted molar refractivity (Wildman–Crippen MR) is 63.7 cm³/mol. The van der Waals surface area contributed by atoms with Gasteiger partial charge in [0.2, 0.25) is 0 Å². The van der Waals surface area contributed by atoms with Crippen LogP contribution in [0.2, 0.25) is 0 Å². The molecular weight excluding hydrogens is 188 g/mol. The molecule has 0 saturated carbocycles. The first-order valence-corrected chi connectivity index (χ1v) is 4.90. The predicted octanol–water partition coefficient (Wildman–Crippen LogP) is 1.19. The van der Waals surface area contributed by atoms with Crippen LogP contribution >= 0.6 is 0 Å². The minimum atomic E-state index is 0.588. The van der Waals surface area contributed by atoms with E-state index in [1.807, 2.05) is 24.3 Å². The second-order valence-corrected chi connectivity index (χ2v) is 3.31. The summed E-state index contributed by atoms with van der Waals surface area (Å²) >= 11 is 0. The SMILES string of the molecule is NCCNc1ccc2ncccc2c1N. The molecule has 0 aliphatic carbocycles. The van der Waals surface area contributed by atoms with Gasteiger partial charge in [-0.25, -0.2) is 0 Å². The first kappa shape index (κ1) is 9.73. The Hall–Kier alpha value is -1.81. The molecule has 1 aromatic carbocycles. The molecule has 0 fully saturated rings. The number of nitrogens with two attached hydrogens (primary N) is 2. The average Bonchev–Trinajstić information content (AvgIpc) is 2.29. The largest absolute Gasteiger partial charge is 0.397 e. The zero-order chi connectivity index (χ0) is 10.7. The highest BCUT2D eigenvalue weighted by molar-refractivity contribution is 5.96. The molecule has 2 rings (SSSR count). The number of rotatable bonds is 3. The van der Waals surface area contributed by atoms with Gasteiger partial charge in [0.25, 0.3) is 0 Å². The zero-order valence-electron chi connectivity index (χ0n) is 8.40. The van der Waals surface area contributed by atoms with Crippen LogP contribution in [0, 0.1) is 0 Å². The Bertz CT molecular complexity index is 467. The summed E-state index contributed by atoms with van der Waals surface area (Å²) in [5.74, 6) is 0. The minimum absolute atomic E-state index is 0.588. The number of benzene rings is 1. The lowest BCUT2D eigenvalue weighted by molar-refractivity contribution is 1.03. The maximum Gasteiger partial charge on any atom is 0.0724 e. The third kappa shape index (κ3) is 1.85. The first-order chi connectivity index (χ1) is 7.33. The van der Waals surface area contributed by atoms with Crippen LogP contribution < -0.4 is 16.8 Å². The Balaban J connectivity index is 2.45. The van der Waals surface area contributed by atoms with Gasteiger partial charge in [-0.1, -0.05) is 0 Å². The molecule has 4 nitrogen and oxygen atoms in total. The highest BCUT2D eigenvalue weighted by Gasteiger charge is 2.03. The molecule has 0 bridgehead atoms. The van der Waals surface area contributed by atoms with E-state index in [1.54, 1.807) is 6.20 Å². The second kappa shape index (κ2) is 4.14. The minimum Gasteiger partial charge on any atom is -0.397 e. The summed E-state index contributed by atoms with van der Waals surface area (Å²) < 4.78 is 0. The summed E-state index contributed by atoms with van der Waals surface area (Å²) in [5.41, 5.74) is 14.0. The van der Waals surface area contributed by atoms with E-state index in [2.05, 4.69) is 10.3 Å². The molecule has 1 heterocycles. The number of aromatic nitrogens is 1. The molecular formula is C11H14N4. The van der Waals surface area contributed by atoms with Gasteiger partial charge in [0.15, 0.2) is 0 Å². The van der Waals surface area contributed by atoms with Crippen LogP contribution in [-0.4, -0.2) is 18.1 Å². The number of pyridine rings is 1. The number of nitrogens with one attached hydrogen (secondary N) is 1. The maximum absolute atomic E-state index is 6.02.